The number of piperidine rings is 1. The standard InChI is InChI=1S/C10H17NO2/c1-13-9(12)8-3-6-10(7-11-8)4-2-5-10/h8,11H,2-7H2,1H3. The Labute approximate surface area is 78.8 Å². The van der Waals surface area contributed by atoms with Gasteiger partial charge in [0.2, 0.25) is 0 Å². The zero-order valence-corrected chi connectivity index (χ0v) is 8.14. The number of carbonyl (C=O) groups excluding carboxylic acids is 1. The molecule has 1 spiro atoms. The van der Waals surface area contributed by atoms with Gasteiger partial charge in [0.1, 0.15) is 6.04 Å². The Morgan fingerprint density at radius 2 is 2.23 bits per heavy atom. The molecule has 13 heavy (non-hydrogen) atoms. The van der Waals surface area contributed by atoms with Gasteiger partial charge in [-0.1, -0.05) is 6.42 Å². The third-order valence-corrected chi connectivity index (χ3v) is 3.59. The molecule has 1 atom stereocenters. The molecule has 2 rings (SSSR count). The fraction of sp³-hybridized carbons (Fsp3) is 0.900. The van der Waals surface area contributed by atoms with Crippen molar-refractivity contribution in [1.82, 2.24) is 5.32 Å². The van der Waals surface area contributed by atoms with Crippen LogP contribution >= 0.6 is 0 Å². The molecule has 0 radical (unpaired) electrons. The number of rotatable bonds is 1. The van der Waals surface area contributed by atoms with Crippen LogP contribution in [-0.4, -0.2) is 25.7 Å². The molecule has 0 bridgehead atoms. The van der Waals surface area contributed by atoms with Crippen molar-refractivity contribution < 1.29 is 9.53 Å². The smallest absolute Gasteiger partial charge is 0.322 e. The van der Waals surface area contributed by atoms with Crippen molar-refractivity contribution in [1.29, 1.82) is 0 Å². The van der Waals surface area contributed by atoms with E-state index < -0.39 is 0 Å². The molecule has 2 aliphatic rings. The van der Waals surface area contributed by atoms with Crippen LogP contribution in [0.25, 0.3) is 0 Å². The second-order valence-electron chi connectivity index (χ2n) is 4.35. The van der Waals surface area contributed by atoms with E-state index in [-0.39, 0.29) is 12.0 Å². The monoisotopic (exact) mass is 183 g/mol. The van der Waals surface area contributed by atoms with E-state index in [1.807, 2.05) is 0 Å². The fourth-order valence-electron chi connectivity index (χ4n) is 2.43. The van der Waals surface area contributed by atoms with Crippen LogP contribution in [0, 0.1) is 5.41 Å². The van der Waals surface area contributed by atoms with E-state index in [0.29, 0.717) is 5.41 Å². The fourth-order valence-corrected chi connectivity index (χ4v) is 2.43. The Bertz CT molecular complexity index is 201. The van der Waals surface area contributed by atoms with Crippen molar-refractivity contribution in [3.05, 3.63) is 0 Å². The molecule has 2 fully saturated rings. The van der Waals surface area contributed by atoms with Crippen molar-refractivity contribution in [2.24, 2.45) is 5.41 Å². The largest absolute Gasteiger partial charge is 0.468 e. The topological polar surface area (TPSA) is 38.3 Å². The summed E-state index contributed by atoms with van der Waals surface area (Å²) in [5.74, 6) is -0.103. The summed E-state index contributed by atoms with van der Waals surface area (Å²) in [7, 11) is 1.46. The zero-order valence-electron chi connectivity index (χ0n) is 8.14. The lowest BCUT2D eigenvalue weighted by Gasteiger charge is -2.46. The molecule has 74 valence electrons. The molecule has 1 unspecified atom stereocenters. The van der Waals surface area contributed by atoms with Crippen molar-refractivity contribution in [3.63, 3.8) is 0 Å². The summed E-state index contributed by atoms with van der Waals surface area (Å²) in [5.41, 5.74) is 0.546. The highest BCUT2D eigenvalue weighted by atomic mass is 16.5. The SMILES string of the molecule is COC(=O)C1CCC2(CCC2)CN1. The van der Waals surface area contributed by atoms with E-state index in [4.69, 9.17) is 4.74 Å². The van der Waals surface area contributed by atoms with Crippen LogP contribution in [0.5, 0.6) is 0 Å². The highest BCUT2D eigenvalue weighted by molar-refractivity contribution is 5.75. The van der Waals surface area contributed by atoms with E-state index >= 15 is 0 Å². The summed E-state index contributed by atoms with van der Waals surface area (Å²) in [6.07, 6.45) is 6.19. The zero-order chi connectivity index (χ0) is 9.31. The summed E-state index contributed by atoms with van der Waals surface area (Å²) in [6, 6.07) is -0.0452. The predicted molar refractivity (Wildman–Crippen MR) is 49.3 cm³/mol. The van der Waals surface area contributed by atoms with Gasteiger partial charge in [-0.2, -0.15) is 0 Å². The molecule has 0 aromatic rings. The molecule has 0 aromatic heterocycles. The first-order chi connectivity index (χ1) is 6.26. The van der Waals surface area contributed by atoms with Crippen molar-refractivity contribution in [2.45, 2.75) is 38.1 Å². The van der Waals surface area contributed by atoms with Gasteiger partial charge in [0.05, 0.1) is 7.11 Å². The van der Waals surface area contributed by atoms with Crippen LogP contribution in [0.3, 0.4) is 0 Å². The number of ether oxygens (including phenoxy) is 1. The summed E-state index contributed by atoms with van der Waals surface area (Å²) in [6.45, 7) is 1.01. The van der Waals surface area contributed by atoms with Crippen molar-refractivity contribution in [2.75, 3.05) is 13.7 Å². The summed E-state index contributed by atoms with van der Waals surface area (Å²) >= 11 is 0. The van der Waals surface area contributed by atoms with Gasteiger partial charge in [0.15, 0.2) is 0 Å². The third kappa shape index (κ3) is 1.57. The molecule has 1 saturated heterocycles. The van der Waals surface area contributed by atoms with Crippen LogP contribution in [0.4, 0.5) is 0 Å². The van der Waals surface area contributed by atoms with Crippen LogP contribution < -0.4 is 5.32 Å². The van der Waals surface area contributed by atoms with E-state index in [1.54, 1.807) is 0 Å². The Morgan fingerprint density at radius 3 is 2.62 bits per heavy atom. The minimum absolute atomic E-state index is 0.0452. The van der Waals surface area contributed by atoms with Crippen molar-refractivity contribution >= 4 is 5.97 Å². The summed E-state index contributed by atoms with van der Waals surface area (Å²) in [4.78, 5) is 11.2. The Hall–Kier alpha value is -0.570. The molecule has 0 aromatic carbocycles. The Kier molecular flexibility index (Phi) is 2.28. The van der Waals surface area contributed by atoms with Gasteiger partial charge in [0, 0.05) is 6.54 Å². The van der Waals surface area contributed by atoms with Crippen LogP contribution in [0.15, 0.2) is 0 Å². The minimum atomic E-state index is -0.103. The number of hydrogen-bond donors (Lipinski definition) is 1. The number of methoxy groups -OCH3 is 1. The van der Waals surface area contributed by atoms with Crippen LogP contribution in [0.2, 0.25) is 0 Å². The maximum absolute atomic E-state index is 11.2. The maximum atomic E-state index is 11.2. The predicted octanol–water partition coefficient (Wildman–Crippen LogP) is 1.08. The average Bonchev–Trinajstić information content (AvgIpc) is 2.14. The molecule has 1 aliphatic heterocycles. The Morgan fingerprint density at radius 1 is 1.46 bits per heavy atom. The summed E-state index contributed by atoms with van der Waals surface area (Å²) < 4.78 is 4.71. The molecule has 1 aliphatic carbocycles. The number of nitrogens with one attached hydrogen (secondary N) is 1. The summed E-state index contributed by atoms with van der Waals surface area (Å²) in [5, 5.41) is 3.29. The highest BCUT2D eigenvalue weighted by Gasteiger charge is 2.41. The lowest BCUT2D eigenvalue weighted by atomic mass is 9.64. The number of hydrogen-bond acceptors (Lipinski definition) is 3. The van der Waals surface area contributed by atoms with Gasteiger partial charge < -0.3 is 10.1 Å². The second kappa shape index (κ2) is 3.29. The van der Waals surface area contributed by atoms with Crippen LogP contribution in [0.1, 0.15) is 32.1 Å². The normalized spacial score (nSPS) is 31.0. The van der Waals surface area contributed by atoms with E-state index in [9.17, 15) is 4.79 Å². The van der Waals surface area contributed by atoms with Gasteiger partial charge in [-0.3, -0.25) is 4.79 Å². The third-order valence-electron chi connectivity index (χ3n) is 3.59. The highest BCUT2D eigenvalue weighted by Crippen LogP contribution is 2.46. The quantitative estimate of drug-likeness (QED) is 0.618. The lowest BCUT2D eigenvalue weighted by molar-refractivity contribution is -0.144. The van der Waals surface area contributed by atoms with Crippen LogP contribution in [-0.2, 0) is 9.53 Å². The van der Waals surface area contributed by atoms with Crippen molar-refractivity contribution in [3.8, 4) is 0 Å². The van der Waals surface area contributed by atoms with E-state index in [1.165, 1.54) is 32.8 Å². The van der Waals surface area contributed by atoms with E-state index in [2.05, 4.69) is 5.32 Å². The first kappa shape index (κ1) is 9.00. The first-order valence-corrected chi connectivity index (χ1v) is 5.07. The van der Waals surface area contributed by atoms with Gasteiger partial charge >= 0.3 is 5.97 Å². The van der Waals surface area contributed by atoms with Gasteiger partial charge in [0.25, 0.3) is 0 Å². The number of esters is 1. The van der Waals surface area contributed by atoms with E-state index in [0.717, 1.165) is 13.0 Å². The molecule has 0 amide bonds. The minimum Gasteiger partial charge on any atom is -0.468 e. The molecule has 1 N–H and O–H groups in total. The molecule has 3 heteroatoms. The maximum Gasteiger partial charge on any atom is 0.322 e. The Balaban J connectivity index is 1.85. The second-order valence-corrected chi connectivity index (χ2v) is 4.35. The lowest BCUT2D eigenvalue weighted by Crippen LogP contribution is -2.52. The van der Waals surface area contributed by atoms with Gasteiger partial charge in [-0.25, -0.2) is 0 Å². The molecule has 1 heterocycles. The molecule has 3 nitrogen and oxygen atoms in total. The molecular weight excluding hydrogens is 166 g/mol. The first-order valence-electron chi connectivity index (χ1n) is 5.07. The molecule has 1 saturated carbocycles. The number of carbonyl (C=O) groups is 1. The van der Waals surface area contributed by atoms with Gasteiger partial charge in [-0.05, 0) is 31.1 Å². The molecular formula is C10H17NO2. The average molecular weight is 183 g/mol. The van der Waals surface area contributed by atoms with Gasteiger partial charge in [-0.15, -0.1) is 0 Å².